The van der Waals surface area contributed by atoms with E-state index < -0.39 is 11.7 Å². The zero-order valence-corrected chi connectivity index (χ0v) is 11.1. The largest absolute Gasteiger partial charge is 0.416 e. The lowest BCUT2D eigenvalue weighted by atomic mass is 9.99. The molecular weight excluding hydrogens is 263 g/mol. The SMILES string of the molecule is CC(CNc1ccccc1)c1ccc(C(F)(F)F)cc1. The van der Waals surface area contributed by atoms with Crippen LogP contribution < -0.4 is 5.32 Å². The van der Waals surface area contributed by atoms with Crippen molar-refractivity contribution >= 4 is 5.69 Å². The maximum absolute atomic E-state index is 12.5. The van der Waals surface area contributed by atoms with Gasteiger partial charge in [0.15, 0.2) is 0 Å². The first kappa shape index (κ1) is 14.4. The van der Waals surface area contributed by atoms with Gasteiger partial charge in [0.05, 0.1) is 5.56 Å². The number of hydrogen-bond acceptors (Lipinski definition) is 1. The first-order valence-corrected chi connectivity index (χ1v) is 6.43. The first-order chi connectivity index (χ1) is 9.47. The van der Waals surface area contributed by atoms with Crippen LogP contribution in [0.4, 0.5) is 18.9 Å². The molecule has 0 spiro atoms. The molecule has 4 heteroatoms. The number of para-hydroxylation sites is 1. The smallest absolute Gasteiger partial charge is 0.384 e. The molecule has 2 rings (SSSR count). The number of anilines is 1. The predicted molar refractivity (Wildman–Crippen MR) is 74.8 cm³/mol. The van der Waals surface area contributed by atoms with Crippen LogP contribution in [0.3, 0.4) is 0 Å². The molecular formula is C16H16F3N. The summed E-state index contributed by atoms with van der Waals surface area (Å²) in [4.78, 5) is 0. The summed E-state index contributed by atoms with van der Waals surface area (Å²) in [6.45, 7) is 2.66. The van der Waals surface area contributed by atoms with Crippen LogP contribution in [0.25, 0.3) is 0 Å². The molecule has 1 unspecified atom stereocenters. The van der Waals surface area contributed by atoms with Gasteiger partial charge in [-0.1, -0.05) is 37.3 Å². The monoisotopic (exact) mass is 279 g/mol. The summed E-state index contributed by atoms with van der Waals surface area (Å²) < 4.78 is 37.4. The average Bonchev–Trinajstić information content (AvgIpc) is 2.45. The molecule has 0 heterocycles. The minimum atomic E-state index is -4.27. The highest BCUT2D eigenvalue weighted by atomic mass is 19.4. The average molecular weight is 279 g/mol. The number of alkyl halides is 3. The molecule has 106 valence electrons. The standard InChI is InChI=1S/C16H16F3N/c1-12(11-20-15-5-3-2-4-6-15)13-7-9-14(10-8-13)16(17,18)19/h2-10,12,20H,11H2,1H3. The van der Waals surface area contributed by atoms with Gasteiger partial charge in [0.2, 0.25) is 0 Å². The van der Waals surface area contributed by atoms with Crippen molar-refractivity contribution in [3.8, 4) is 0 Å². The Hall–Kier alpha value is -1.97. The first-order valence-electron chi connectivity index (χ1n) is 6.43. The van der Waals surface area contributed by atoms with Crippen molar-refractivity contribution < 1.29 is 13.2 Å². The van der Waals surface area contributed by atoms with E-state index in [9.17, 15) is 13.2 Å². The van der Waals surface area contributed by atoms with E-state index in [4.69, 9.17) is 0 Å². The Bertz CT molecular complexity index is 532. The Balaban J connectivity index is 1.97. The van der Waals surface area contributed by atoms with Crippen LogP contribution in [-0.2, 0) is 6.18 Å². The molecule has 2 aromatic carbocycles. The van der Waals surface area contributed by atoms with Crippen molar-refractivity contribution in [3.63, 3.8) is 0 Å². The Morgan fingerprint density at radius 2 is 1.55 bits per heavy atom. The van der Waals surface area contributed by atoms with Crippen LogP contribution in [0.2, 0.25) is 0 Å². The summed E-state index contributed by atoms with van der Waals surface area (Å²) in [5, 5.41) is 3.27. The zero-order valence-electron chi connectivity index (χ0n) is 11.1. The third-order valence-electron chi connectivity index (χ3n) is 3.19. The highest BCUT2D eigenvalue weighted by Crippen LogP contribution is 2.30. The van der Waals surface area contributed by atoms with Crippen LogP contribution in [0.1, 0.15) is 24.0 Å². The van der Waals surface area contributed by atoms with Gasteiger partial charge in [-0.15, -0.1) is 0 Å². The summed E-state index contributed by atoms with van der Waals surface area (Å²) in [5.74, 6) is 0.137. The van der Waals surface area contributed by atoms with Crippen molar-refractivity contribution in [1.82, 2.24) is 0 Å². The van der Waals surface area contributed by atoms with Gasteiger partial charge in [0.25, 0.3) is 0 Å². The molecule has 20 heavy (non-hydrogen) atoms. The second-order valence-electron chi connectivity index (χ2n) is 4.77. The van der Waals surface area contributed by atoms with Gasteiger partial charge < -0.3 is 5.32 Å². The molecule has 2 aromatic rings. The van der Waals surface area contributed by atoms with Gasteiger partial charge in [-0.2, -0.15) is 13.2 Å². The molecule has 0 aliphatic carbocycles. The normalized spacial score (nSPS) is 13.0. The Kier molecular flexibility index (Phi) is 4.32. The van der Waals surface area contributed by atoms with E-state index in [0.717, 1.165) is 23.4 Å². The predicted octanol–water partition coefficient (Wildman–Crippen LogP) is 4.92. The van der Waals surface area contributed by atoms with Crippen LogP contribution in [0.15, 0.2) is 54.6 Å². The Morgan fingerprint density at radius 3 is 2.10 bits per heavy atom. The van der Waals surface area contributed by atoms with E-state index in [-0.39, 0.29) is 5.92 Å². The van der Waals surface area contributed by atoms with Gasteiger partial charge >= 0.3 is 6.18 Å². The van der Waals surface area contributed by atoms with Gasteiger partial charge in [0.1, 0.15) is 0 Å². The topological polar surface area (TPSA) is 12.0 Å². The van der Waals surface area contributed by atoms with Gasteiger partial charge in [-0.05, 0) is 35.7 Å². The number of hydrogen-bond donors (Lipinski definition) is 1. The number of halogens is 3. The van der Waals surface area contributed by atoms with Gasteiger partial charge in [-0.25, -0.2) is 0 Å². The summed E-state index contributed by atoms with van der Waals surface area (Å²) in [7, 11) is 0. The van der Waals surface area contributed by atoms with E-state index in [0.29, 0.717) is 6.54 Å². The van der Waals surface area contributed by atoms with Gasteiger partial charge in [-0.3, -0.25) is 0 Å². The molecule has 1 nitrogen and oxygen atoms in total. The zero-order chi connectivity index (χ0) is 14.6. The molecule has 0 aliphatic rings. The minimum Gasteiger partial charge on any atom is -0.384 e. The van der Waals surface area contributed by atoms with E-state index in [1.165, 1.54) is 0 Å². The fourth-order valence-electron chi connectivity index (χ4n) is 1.95. The van der Waals surface area contributed by atoms with Crippen molar-refractivity contribution in [2.24, 2.45) is 0 Å². The lowest BCUT2D eigenvalue weighted by molar-refractivity contribution is -0.137. The maximum atomic E-state index is 12.5. The lowest BCUT2D eigenvalue weighted by Gasteiger charge is -2.15. The third kappa shape index (κ3) is 3.76. The summed E-state index contributed by atoms with van der Waals surface area (Å²) in [5.41, 5.74) is 1.29. The molecule has 1 atom stereocenters. The summed E-state index contributed by atoms with van der Waals surface area (Å²) in [6, 6.07) is 15.1. The molecule has 0 aliphatic heterocycles. The molecule has 0 aromatic heterocycles. The van der Waals surface area contributed by atoms with Crippen LogP contribution in [0, 0.1) is 0 Å². The summed E-state index contributed by atoms with van der Waals surface area (Å²) in [6.07, 6.45) is -4.27. The van der Waals surface area contributed by atoms with Crippen LogP contribution in [-0.4, -0.2) is 6.54 Å². The van der Waals surface area contributed by atoms with Gasteiger partial charge in [0, 0.05) is 12.2 Å². The Morgan fingerprint density at radius 1 is 0.950 bits per heavy atom. The molecule has 1 N–H and O–H groups in total. The second kappa shape index (κ2) is 5.99. The Labute approximate surface area is 116 Å². The molecule has 0 fully saturated rings. The highest BCUT2D eigenvalue weighted by Gasteiger charge is 2.30. The van der Waals surface area contributed by atoms with Crippen molar-refractivity contribution in [2.45, 2.75) is 19.0 Å². The molecule has 0 saturated carbocycles. The molecule has 0 saturated heterocycles. The summed E-state index contributed by atoms with van der Waals surface area (Å²) >= 11 is 0. The number of nitrogens with one attached hydrogen (secondary N) is 1. The highest BCUT2D eigenvalue weighted by molar-refractivity contribution is 5.43. The van der Waals surface area contributed by atoms with Crippen molar-refractivity contribution in [2.75, 3.05) is 11.9 Å². The van der Waals surface area contributed by atoms with Crippen molar-refractivity contribution in [1.29, 1.82) is 0 Å². The quantitative estimate of drug-likeness (QED) is 0.837. The van der Waals surface area contributed by atoms with E-state index in [2.05, 4.69) is 5.32 Å². The van der Waals surface area contributed by atoms with Crippen LogP contribution in [0.5, 0.6) is 0 Å². The third-order valence-corrected chi connectivity index (χ3v) is 3.19. The van der Waals surface area contributed by atoms with E-state index in [1.54, 1.807) is 12.1 Å². The molecule has 0 bridgehead atoms. The molecule has 0 radical (unpaired) electrons. The van der Waals surface area contributed by atoms with Crippen LogP contribution >= 0.6 is 0 Å². The van der Waals surface area contributed by atoms with Crippen molar-refractivity contribution in [3.05, 3.63) is 65.7 Å². The maximum Gasteiger partial charge on any atom is 0.416 e. The lowest BCUT2D eigenvalue weighted by Crippen LogP contribution is -2.10. The second-order valence-corrected chi connectivity index (χ2v) is 4.77. The fourth-order valence-corrected chi connectivity index (χ4v) is 1.95. The van der Waals surface area contributed by atoms with E-state index >= 15 is 0 Å². The number of benzene rings is 2. The van der Waals surface area contributed by atoms with E-state index in [1.807, 2.05) is 37.3 Å². The number of rotatable bonds is 4. The molecule has 0 amide bonds. The minimum absolute atomic E-state index is 0.137. The fraction of sp³-hybridized carbons (Fsp3) is 0.250.